The molecule has 2 N–H and O–H groups in total. The molecular formula is C17H18N2O3S. The Kier molecular flexibility index (Phi) is 4.92. The number of carbonyl (C=O) groups is 1. The molecule has 0 radical (unpaired) electrons. The van der Waals surface area contributed by atoms with Gasteiger partial charge in [0.1, 0.15) is 0 Å². The molecule has 1 aliphatic rings. The highest BCUT2D eigenvalue weighted by atomic mass is 32.2. The highest BCUT2D eigenvalue weighted by Gasteiger charge is 2.13. The number of ether oxygens (including phenoxy) is 2. The van der Waals surface area contributed by atoms with Crippen molar-refractivity contribution in [1.82, 2.24) is 5.32 Å². The van der Waals surface area contributed by atoms with Gasteiger partial charge in [0.25, 0.3) is 0 Å². The van der Waals surface area contributed by atoms with Gasteiger partial charge in [-0.05, 0) is 42.5 Å². The fraction of sp³-hybridized carbons (Fsp3) is 0.235. The molecule has 0 saturated carbocycles. The maximum Gasteiger partial charge on any atom is 0.319 e. The lowest BCUT2D eigenvalue weighted by Crippen LogP contribution is -2.30. The molecule has 3 rings (SSSR count). The van der Waals surface area contributed by atoms with Crippen molar-refractivity contribution in [1.29, 1.82) is 0 Å². The zero-order valence-corrected chi connectivity index (χ0v) is 13.6. The first kappa shape index (κ1) is 15.6. The molecule has 0 aliphatic carbocycles. The largest absolute Gasteiger partial charge is 0.454 e. The number of thioether (sulfide) groups is 1. The molecule has 0 aromatic heterocycles. The summed E-state index contributed by atoms with van der Waals surface area (Å²) in [7, 11) is 0. The van der Waals surface area contributed by atoms with Gasteiger partial charge in [0.05, 0.1) is 5.69 Å². The number of urea groups is 1. The van der Waals surface area contributed by atoms with Crippen LogP contribution in [-0.4, -0.2) is 25.6 Å². The minimum absolute atomic E-state index is 0.202. The Balaban J connectivity index is 1.49. The van der Waals surface area contributed by atoms with Crippen LogP contribution in [0.5, 0.6) is 11.5 Å². The van der Waals surface area contributed by atoms with E-state index in [4.69, 9.17) is 9.47 Å². The van der Waals surface area contributed by atoms with Gasteiger partial charge < -0.3 is 20.1 Å². The first-order valence-corrected chi connectivity index (χ1v) is 8.55. The predicted octanol–water partition coefficient (Wildman–Crippen LogP) is 3.50. The van der Waals surface area contributed by atoms with Gasteiger partial charge in [-0.1, -0.05) is 18.2 Å². The summed E-state index contributed by atoms with van der Waals surface area (Å²) >= 11 is 1.60. The molecule has 1 aliphatic heterocycles. The number of carbonyl (C=O) groups excluding carboxylic acids is 1. The monoisotopic (exact) mass is 330 g/mol. The molecular weight excluding hydrogens is 312 g/mol. The van der Waals surface area contributed by atoms with E-state index in [-0.39, 0.29) is 12.8 Å². The Morgan fingerprint density at radius 2 is 2.00 bits per heavy atom. The lowest BCUT2D eigenvalue weighted by atomic mass is 10.1. The van der Waals surface area contributed by atoms with Crippen molar-refractivity contribution in [3.63, 3.8) is 0 Å². The fourth-order valence-corrected chi connectivity index (χ4v) is 2.88. The first-order valence-electron chi connectivity index (χ1n) is 7.32. The Bertz CT molecular complexity index is 706. The molecule has 0 saturated heterocycles. The van der Waals surface area contributed by atoms with Gasteiger partial charge in [0.15, 0.2) is 11.5 Å². The van der Waals surface area contributed by atoms with Crippen molar-refractivity contribution in [2.45, 2.75) is 11.3 Å². The number of hydrogen-bond acceptors (Lipinski definition) is 4. The van der Waals surface area contributed by atoms with Crippen LogP contribution in [0.15, 0.2) is 47.4 Å². The second-order valence-electron chi connectivity index (χ2n) is 5.02. The number of nitrogens with one attached hydrogen (secondary N) is 2. The average Bonchev–Trinajstić information content (AvgIpc) is 3.03. The van der Waals surface area contributed by atoms with Gasteiger partial charge in [-0.3, -0.25) is 0 Å². The van der Waals surface area contributed by atoms with Crippen molar-refractivity contribution in [2.24, 2.45) is 0 Å². The van der Waals surface area contributed by atoms with Crippen molar-refractivity contribution < 1.29 is 14.3 Å². The van der Waals surface area contributed by atoms with Crippen molar-refractivity contribution in [3.8, 4) is 11.5 Å². The van der Waals surface area contributed by atoms with Crippen LogP contribution in [0.3, 0.4) is 0 Å². The smallest absolute Gasteiger partial charge is 0.319 e. The molecule has 2 aromatic carbocycles. The summed E-state index contributed by atoms with van der Waals surface area (Å²) < 4.78 is 10.6. The lowest BCUT2D eigenvalue weighted by molar-refractivity contribution is 0.174. The van der Waals surface area contributed by atoms with E-state index in [9.17, 15) is 4.79 Å². The molecule has 0 bridgehead atoms. The number of anilines is 1. The highest BCUT2D eigenvalue weighted by Crippen LogP contribution is 2.32. The van der Waals surface area contributed by atoms with E-state index in [1.54, 1.807) is 11.8 Å². The summed E-state index contributed by atoms with van der Waals surface area (Å²) in [6.07, 6.45) is 2.71. The minimum Gasteiger partial charge on any atom is -0.454 e. The molecule has 1 heterocycles. The number of hydrogen-bond donors (Lipinski definition) is 2. The van der Waals surface area contributed by atoms with Crippen LogP contribution in [0.25, 0.3) is 0 Å². The lowest BCUT2D eigenvalue weighted by Gasteiger charge is -2.10. The number of fused-ring (bicyclic) bond motifs is 1. The van der Waals surface area contributed by atoms with E-state index < -0.39 is 0 Å². The van der Waals surface area contributed by atoms with Crippen molar-refractivity contribution >= 4 is 23.5 Å². The van der Waals surface area contributed by atoms with E-state index >= 15 is 0 Å². The molecule has 2 amide bonds. The standard InChI is InChI=1S/C17H18N2O3S/c1-23-16-5-3-2-4-13(16)19-17(20)18-9-8-12-6-7-14-15(10-12)22-11-21-14/h2-7,10H,8-9,11H2,1H3,(H2,18,19,20). The van der Waals surface area contributed by atoms with Crippen LogP contribution in [0.4, 0.5) is 10.5 Å². The normalized spacial score (nSPS) is 12.0. The maximum absolute atomic E-state index is 12.0. The Hall–Kier alpha value is -2.34. The third-order valence-corrected chi connectivity index (χ3v) is 4.29. The number of amides is 2. The summed E-state index contributed by atoms with van der Waals surface area (Å²) in [5, 5.41) is 5.74. The predicted molar refractivity (Wildman–Crippen MR) is 91.5 cm³/mol. The molecule has 0 unspecified atom stereocenters. The molecule has 23 heavy (non-hydrogen) atoms. The summed E-state index contributed by atoms with van der Waals surface area (Å²) in [6, 6.07) is 13.4. The van der Waals surface area contributed by atoms with E-state index in [0.717, 1.165) is 34.1 Å². The summed E-state index contributed by atoms with van der Waals surface area (Å²) in [5.74, 6) is 1.54. The first-order chi connectivity index (χ1) is 11.3. The van der Waals surface area contributed by atoms with Crippen molar-refractivity contribution in [2.75, 3.05) is 24.9 Å². The average molecular weight is 330 g/mol. The fourth-order valence-electron chi connectivity index (χ4n) is 2.33. The topological polar surface area (TPSA) is 59.6 Å². The third-order valence-electron chi connectivity index (χ3n) is 3.49. The maximum atomic E-state index is 12.0. The zero-order chi connectivity index (χ0) is 16.1. The quantitative estimate of drug-likeness (QED) is 0.824. The van der Waals surface area contributed by atoms with Crippen LogP contribution in [-0.2, 0) is 6.42 Å². The molecule has 120 valence electrons. The minimum atomic E-state index is -0.202. The second kappa shape index (κ2) is 7.28. The SMILES string of the molecule is CSc1ccccc1NC(=O)NCCc1ccc2c(c1)OCO2. The number of rotatable bonds is 5. The molecule has 6 heteroatoms. The third kappa shape index (κ3) is 3.90. The number of benzene rings is 2. The van der Waals surface area contributed by atoms with Crippen LogP contribution >= 0.6 is 11.8 Å². The van der Waals surface area contributed by atoms with E-state index in [1.165, 1.54) is 0 Å². The summed E-state index contributed by atoms with van der Waals surface area (Å²) in [4.78, 5) is 13.0. The molecule has 2 aromatic rings. The van der Waals surface area contributed by atoms with Crippen LogP contribution in [0.2, 0.25) is 0 Å². The molecule has 5 nitrogen and oxygen atoms in total. The Morgan fingerprint density at radius 3 is 2.87 bits per heavy atom. The van der Waals surface area contributed by atoms with Gasteiger partial charge in [0, 0.05) is 11.4 Å². The second-order valence-corrected chi connectivity index (χ2v) is 5.87. The molecule has 0 spiro atoms. The van der Waals surface area contributed by atoms with Gasteiger partial charge in [-0.25, -0.2) is 4.79 Å². The van der Waals surface area contributed by atoms with Gasteiger partial charge in [-0.15, -0.1) is 11.8 Å². The summed E-state index contributed by atoms with van der Waals surface area (Å²) in [5.41, 5.74) is 1.92. The van der Waals surface area contributed by atoms with Gasteiger partial charge >= 0.3 is 6.03 Å². The highest BCUT2D eigenvalue weighted by molar-refractivity contribution is 7.98. The van der Waals surface area contributed by atoms with Crippen LogP contribution in [0.1, 0.15) is 5.56 Å². The van der Waals surface area contributed by atoms with Gasteiger partial charge in [-0.2, -0.15) is 0 Å². The van der Waals surface area contributed by atoms with Crippen molar-refractivity contribution in [3.05, 3.63) is 48.0 Å². The van der Waals surface area contributed by atoms with E-state index in [0.29, 0.717) is 6.54 Å². The van der Waals surface area contributed by atoms with E-state index in [1.807, 2.05) is 48.7 Å². The molecule has 0 fully saturated rings. The Morgan fingerprint density at radius 1 is 1.17 bits per heavy atom. The zero-order valence-electron chi connectivity index (χ0n) is 12.8. The summed E-state index contributed by atoms with van der Waals surface area (Å²) in [6.45, 7) is 0.821. The molecule has 0 atom stereocenters. The van der Waals surface area contributed by atoms with Gasteiger partial charge in [0.2, 0.25) is 6.79 Å². The van der Waals surface area contributed by atoms with Crippen LogP contribution < -0.4 is 20.1 Å². The number of para-hydroxylation sites is 1. The van der Waals surface area contributed by atoms with Crippen LogP contribution in [0, 0.1) is 0 Å². The van der Waals surface area contributed by atoms with E-state index in [2.05, 4.69) is 10.6 Å². The Labute approximate surface area is 139 Å².